The van der Waals surface area contributed by atoms with Crippen molar-refractivity contribution >= 4 is 28.9 Å². The average Bonchev–Trinajstić information content (AvgIpc) is 3.03. The van der Waals surface area contributed by atoms with E-state index in [1.165, 1.54) is 29.9 Å². The van der Waals surface area contributed by atoms with Gasteiger partial charge in [0.1, 0.15) is 11.6 Å². The topological polar surface area (TPSA) is 65.0 Å². The van der Waals surface area contributed by atoms with Crippen molar-refractivity contribution in [3.8, 4) is 10.6 Å². The summed E-state index contributed by atoms with van der Waals surface area (Å²) < 4.78 is 5.16. The Labute approximate surface area is 135 Å². The Bertz CT molecular complexity index is 775. The second kappa shape index (κ2) is 6.64. The van der Waals surface area contributed by atoms with Crippen LogP contribution < -0.4 is 0 Å². The second-order valence-corrected chi connectivity index (χ2v) is 5.61. The van der Waals surface area contributed by atoms with Crippen LogP contribution in [0.25, 0.3) is 10.6 Å². The lowest BCUT2D eigenvalue weighted by Crippen LogP contribution is -2.07. The van der Waals surface area contributed by atoms with Crippen molar-refractivity contribution in [2.75, 3.05) is 0 Å². The molecule has 3 rings (SSSR count). The van der Waals surface area contributed by atoms with Gasteiger partial charge < -0.3 is 4.74 Å². The molecule has 7 heteroatoms. The van der Waals surface area contributed by atoms with Gasteiger partial charge in [-0.3, -0.25) is 4.98 Å². The summed E-state index contributed by atoms with van der Waals surface area (Å²) in [7, 11) is 0. The first-order valence-electron chi connectivity index (χ1n) is 6.36. The molecule has 3 aromatic rings. The quantitative estimate of drug-likeness (QED) is 0.683. The van der Waals surface area contributed by atoms with Gasteiger partial charge in [0.15, 0.2) is 5.69 Å². The van der Waals surface area contributed by atoms with Gasteiger partial charge in [-0.15, -0.1) is 11.3 Å². The number of aromatic nitrogens is 3. The van der Waals surface area contributed by atoms with Crippen LogP contribution in [0.2, 0.25) is 5.02 Å². The van der Waals surface area contributed by atoms with Crippen LogP contribution in [0.1, 0.15) is 16.2 Å². The Hall–Kier alpha value is -2.31. The molecule has 0 radical (unpaired) electrons. The summed E-state index contributed by atoms with van der Waals surface area (Å²) in [6, 6.07) is 7.42. The number of esters is 1. The molecular weight excluding hydrogens is 322 g/mol. The highest BCUT2D eigenvalue weighted by Gasteiger charge is 2.11. The number of benzene rings is 1. The minimum absolute atomic E-state index is 0.0967. The highest BCUT2D eigenvalue weighted by Crippen LogP contribution is 2.25. The number of thiazole rings is 1. The first kappa shape index (κ1) is 14.6. The third kappa shape index (κ3) is 3.47. The molecule has 0 aliphatic carbocycles. The predicted molar refractivity (Wildman–Crippen MR) is 83.7 cm³/mol. The molecule has 0 saturated heterocycles. The minimum Gasteiger partial charge on any atom is -0.454 e. The van der Waals surface area contributed by atoms with E-state index in [2.05, 4.69) is 15.0 Å². The van der Waals surface area contributed by atoms with Gasteiger partial charge in [-0.05, 0) is 12.1 Å². The SMILES string of the molecule is O=C(OCc1csc(-c2ccc(Cl)cc2)n1)c1cnccn1. The maximum absolute atomic E-state index is 11.8. The van der Waals surface area contributed by atoms with Gasteiger partial charge in [0.2, 0.25) is 0 Å². The molecule has 0 atom stereocenters. The zero-order chi connectivity index (χ0) is 15.4. The van der Waals surface area contributed by atoms with E-state index in [0.29, 0.717) is 10.7 Å². The van der Waals surface area contributed by atoms with Crippen LogP contribution in [0.3, 0.4) is 0 Å². The fourth-order valence-corrected chi connectivity index (χ4v) is 2.65. The monoisotopic (exact) mass is 331 g/mol. The van der Waals surface area contributed by atoms with Crippen LogP contribution in [-0.4, -0.2) is 20.9 Å². The highest BCUT2D eigenvalue weighted by atomic mass is 35.5. The first-order valence-corrected chi connectivity index (χ1v) is 7.61. The van der Waals surface area contributed by atoms with E-state index >= 15 is 0 Å². The Morgan fingerprint density at radius 1 is 1.23 bits per heavy atom. The van der Waals surface area contributed by atoms with E-state index in [-0.39, 0.29) is 12.3 Å². The van der Waals surface area contributed by atoms with Gasteiger partial charge in [0.05, 0.1) is 11.9 Å². The molecule has 0 aliphatic heterocycles. The van der Waals surface area contributed by atoms with E-state index in [4.69, 9.17) is 16.3 Å². The van der Waals surface area contributed by atoms with Crippen molar-refractivity contribution in [3.05, 3.63) is 64.6 Å². The molecule has 0 N–H and O–H groups in total. The molecule has 0 saturated carbocycles. The second-order valence-electron chi connectivity index (χ2n) is 4.32. The van der Waals surface area contributed by atoms with Gasteiger partial charge in [-0.25, -0.2) is 14.8 Å². The van der Waals surface area contributed by atoms with E-state index in [9.17, 15) is 4.79 Å². The van der Waals surface area contributed by atoms with Gasteiger partial charge in [-0.1, -0.05) is 23.7 Å². The molecular formula is C15H10ClN3O2S. The molecule has 0 amide bonds. The first-order chi connectivity index (χ1) is 10.7. The fourth-order valence-electron chi connectivity index (χ4n) is 1.72. The molecule has 0 fully saturated rings. The van der Waals surface area contributed by atoms with Gasteiger partial charge >= 0.3 is 5.97 Å². The van der Waals surface area contributed by atoms with Crippen molar-refractivity contribution < 1.29 is 9.53 Å². The van der Waals surface area contributed by atoms with Crippen LogP contribution in [0.4, 0.5) is 0 Å². The third-order valence-electron chi connectivity index (χ3n) is 2.77. The third-order valence-corrected chi connectivity index (χ3v) is 3.96. The Balaban J connectivity index is 1.65. The van der Waals surface area contributed by atoms with Crippen molar-refractivity contribution in [3.63, 3.8) is 0 Å². The van der Waals surface area contributed by atoms with E-state index in [1.807, 2.05) is 29.6 Å². The van der Waals surface area contributed by atoms with Crippen LogP contribution in [0.5, 0.6) is 0 Å². The molecule has 0 unspecified atom stereocenters. The maximum atomic E-state index is 11.8. The average molecular weight is 332 g/mol. The van der Waals surface area contributed by atoms with Crippen molar-refractivity contribution in [2.24, 2.45) is 0 Å². The minimum atomic E-state index is -0.519. The number of halogens is 1. The van der Waals surface area contributed by atoms with Crippen LogP contribution in [0, 0.1) is 0 Å². The lowest BCUT2D eigenvalue weighted by atomic mass is 10.2. The van der Waals surface area contributed by atoms with E-state index < -0.39 is 5.97 Å². The van der Waals surface area contributed by atoms with E-state index in [1.54, 1.807) is 0 Å². The predicted octanol–water partition coefficient (Wildman–Crippen LogP) is 3.61. The Morgan fingerprint density at radius 2 is 2.05 bits per heavy atom. The van der Waals surface area contributed by atoms with Crippen molar-refractivity contribution in [2.45, 2.75) is 6.61 Å². The number of carbonyl (C=O) groups excluding carboxylic acids is 1. The lowest BCUT2D eigenvalue weighted by molar-refractivity contribution is 0.0461. The summed E-state index contributed by atoms with van der Waals surface area (Å²) in [6.07, 6.45) is 4.30. The standard InChI is InChI=1S/C15H10ClN3O2S/c16-11-3-1-10(2-4-11)14-19-12(9-22-14)8-21-15(20)13-7-17-5-6-18-13/h1-7,9H,8H2. The van der Waals surface area contributed by atoms with E-state index in [0.717, 1.165) is 10.6 Å². The summed E-state index contributed by atoms with van der Waals surface area (Å²) >= 11 is 7.34. The Kier molecular flexibility index (Phi) is 4.41. The molecule has 1 aromatic carbocycles. The number of hydrogen-bond acceptors (Lipinski definition) is 6. The number of nitrogens with zero attached hydrogens (tertiary/aromatic N) is 3. The summed E-state index contributed by atoms with van der Waals surface area (Å²) in [6.45, 7) is 0.0967. The van der Waals surface area contributed by atoms with Gasteiger partial charge in [-0.2, -0.15) is 0 Å². The molecule has 5 nitrogen and oxygen atoms in total. The normalized spacial score (nSPS) is 10.4. The summed E-state index contributed by atoms with van der Waals surface area (Å²) in [4.78, 5) is 23.9. The molecule has 2 heterocycles. The summed E-state index contributed by atoms with van der Waals surface area (Å²) in [5, 5.41) is 3.38. The summed E-state index contributed by atoms with van der Waals surface area (Å²) in [5.74, 6) is -0.519. The molecule has 0 bridgehead atoms. The smallest absolute Gasteiger partial charge is 0.358 e. The van der Waals surface area contributed by atoms with Gasteiger partial charge in [0, 0.05) is 28.4 Å². The van der Waals surface area contributed by atoms with Crippen LogP contribution >= 0.6 is 22.9 Å². The number of rotatable bonds is 4. The number of carbonyl (C=O) groups is 1. The van der Waals surface area contributed by atoms with Crippen LogP contribution in [0.15, 0.2) is 48.2 Å². The zero-order valence-electron chi connectivity index (χ0n) is 11.3. The fraction of sp³-hybridized carbons (Fsp3) is 0.0667. The highest BCUT2D eigenvalue weighted by molar-refractivity contribution is 7.13. The largest absolute Gasteiger partial charge is 0.454 e. The zero-order valence-corrected chi connectivity index (χ0v) is 12.8. The Morgan fingerprint density at radius 3 is 2.77 bits per heavy atom. The molecule has 0 spiro atoms. The van der Waals surface area contributed by atoms with Crippen molar-refractivity contribution in [1.82, 2.24) is 15.0 Å². The lowest BCUT2D eigenvalue weighted by Gasteiger charge is -2.01. The van der Waals surface area contributed by atoms with Crippen LogP contribution in [-0.2, 0) is 11.3 Å². The molecule has 110 valence electrons. The maximum Gasteiger partial charge on any atom is 0.358 e. The number of ether oxygens (including phenoxy) is 1. The van der Waals surface area contributed by atoms with Gasteiger partial charge in [0.25, 0.3) is 0 Å². The molecule has 22 heavy (non-hydrogen) atoms. The molecule has 0 aliphatic rings. The summed E-state index contributed by atoms with van der Waals surface area (Å²) in [5.41, 5.74) is 1.84. The number of hydrogen-bond donors (Lipinski definition) is 0. The van der Waals surface area contributed by atoms with Crippen molar-refractivity contribution in [1.29, 1.82) is 0 Å². The molecule has 2 aromatic heterocycles.